The number of hydrogen-bond donors (Lipinski definition) is 3. The van der Waals surface area contributed by atoms with Gasteiger partial charge in [0.05, 0.1) is 22.7 Å². The van der Waals surface area contributed by atoms with Gasteiger partial charge < -0.3 is 20.5 Å². The predicted molar refractivity (Wildman–Crippen MR) is 82.0 cm³/mol. The molecule has 1 saturated heterocycles. The SMILES string of the molecule is CCOC(=O)[C@H]1[C@H](c2cccc(Cl)c2Cl)NC(=O)N[C@]1(O)C(F)(F)F. The van der Waals surface area contributed by atoms with Crippen LogP contribution < -0.4 is 10.6 Å². The average molecular weight is 401 g/mol. The van der Waals surface area contributed by atoms with Crippen LogP contribution in [0.25, 0.3) is 0 Å². The highest BCUT2D eigenvalue weighted by Gasteiger charge is 2.67. The third-order valence-corrected chi connectivity index (χ3v) is 4.50. The van der Waals surface area contributed by atoms with E-state index in [0.29, 0.717) is 0 Å². The highest BCUT2D eigenvalue weighted by Crippen LogP contribution is 2.45. The van der Waals surface area contributed by atoms with Crippen LogP contribution in [0, 0.1) is 5.92 Å². The smallest absolute Gasteiger partial charge is 0.437 e. The number of carbonyl (C=O) groups excluding carboxylic acids is 2. The molecule has 1 aliphatic heterocycles. The third-order valence-electron chi connectivity index (χ3n) is 3.66. The van der Waals surface area contributed by atoms with E-state index in [4.69, 9.17) is 23.2 Å². The number of benzene rings is 1. The normalized spacial score (nSPS) is 26.6. The molecule has 1 heterocycles. The number of hydrogen-bond acceptors (Lipinski definition) is 4. The van der Waals surface area contributed by atoms with Crippen LogP contribution in [0.4, 0.5) is 18.0 Å². The van der Waals surface area contributed by atoms with Gasteiger partial charge in [0.25, 0.3) is 5.72 Å². The van der Waals surface area contributed by atoms with E-state index in [0.717, 1.165) is 0 Å². The second-order valence-electron chi connectivity index (χ2n) is 5.21. The van der Waals surface area contributed by atoms with Crippen molar-refractivity contribution in [3.05, 3.63) is 33.8 Å². The number of amides is 2. The fourth-order valence-corrected chi connectivity index (χ4v) is 2.98. The van der Waals surface area contributed by atoms with Gasteiger partial charge in [-0.2, -0.15) is 13.2 Å². The molecule has 6 nitrogen and oxygen atoms in total. The Bertz CT molecular complexity index is 701. The molecule has 0 unspecified atom stereocenters. The summed E-state index contributed by atoms with van der Waals surface area (Å²) < 4.78 is 45.0. The number of nitrogens with one attached hydrogen (secondary N) is 2. The Hall–Kier alpha value is -1.71. The van der Waals surface area contributed by atoms with E-state index in [1.165, 1.54) is 30.4 Å². The Labute approximate surface area is 150 Å². The molecule has 2 rings (SSSR count). The summed E-state index contributed by atoms with van der Waals surface area (Å²) in [6.07, 6.45) is -5.36. The van der Waals surface area contributed by atoms with E-state index in [1.54, 1.807) is 0 Å². The molecule has 11 heteroatoms. The molecule has 138 valence electrons. The molecule has 0 aromatic heterocycles. The van der Waals surface area contributed by atoms with E-state index >= 15 is 0 Å². The van der Waals surface area contributed by atoms with E-state index < -0.39 is 35.9 Å². The molecule has 0 bridgehead atoms. The molecular weight excluding hydrogens is 388 g/mol. The van der Waals surface area contributed by atoms with E-state index in [-0.39, 0.29) is 22.2 Å². The van der Waals surface area contributed by atoms with Crippen LogP contribution >= 0.6 is 23.2 Å². The first-order valence-electron chi connectivity index (χ1n) is 7.01. The Morgan fingerprint density at radius 1 is 1.40 bits per heavy atom. The summed E-state index contributed by atoms with van der Waals surface area (Å²) in [5, 5.41) is 13.5. The lowest BCUT2D eigenvalue weighted by Crippen LogP contribution is -2.73. The lowest BCUT2D eigenvalue weighted by Gasteiger charge is -2.44. The Kier molecular flexibility index (Phi) is 5.41. The van der Waals surface area contributed by atoms with E-state index in [1.807, 2.05) is 0 Å². The van der Waals surface area contributed by atoms with Crippen LogP contribution in [0.2, 0.25) is 10.0 Å². The second-order valence-corrected chi connectivity index (χ2v) is 6.00. The number of halogens is 5. The lowest BCUT2D eigenvalue weighted by molar-refractivity contribution is -0.294. The van der Waals surface area contributed by atoms with Gasteiger partial charge in [-0.1, -0.05) is 35.3 Å². The average Bonchev–Trinajstić information content (AvgIpc) is 2.48. The summed E-state index contributed by atoms with van der Waals surface area (Å²) in [5.41, 5.74) is -3.91. The molecule has 1 aliphatic rings. The summed E-state index contributed by atoms with van der Waals surface area (Å²) in [6, 6.07) is 1.10. The Balaban J connectivity index is 2.64. The van der Waals surface area contributed by atoms with Gasteiger partial charge in [0.2, 0.25) is 0 Å². The van der Waals surface area contributed by atoms with Gasteiger partial charge in [0, 0.05) is 0 Å². The van der Waals surface area contributed by atoms with Gasteiger partial charge in [-0.05, 0) is 18.6 Å². The van der Waals surface area contributed by atoms with Crippen molar-refractivity contribution in [2.24, 2.45) is 5.92 Å². The van der Waals surface area contributed by atoms with Crippen molar-refractivity contribution in [3.63, 3.8) is 0 Å². The van der Waals surface area contributed by atoms with Gasteiger partial charge in [-0.3, -0.25) is 4.79 Å². The molecule has 3 atom stereocenters. The zero-order valence-corrected chi connectivity index (χ0v) is 14.2. The largest absolute Gasteiger partial charge is 0.466 e. The minimum Gasteiger partial charge on any atom is -0.466 e. The van der Waals surface area contributed by atoms with Gasteiger partial charge in [-0.15, -0.1) is 0 Å². The molecule has 25 heavy (non-hydrogen) atoms. The number of ether oxygens (including phenoxy) is 1. The first-order valence-corrected chi connectivity index (χ1v) is 7.76. The summed E-state index contributed by atoms with van der Waals surface area (Å²) in [6.45, 7) is 1.16. The summed E-state index contributed by atoms with van der Waals surface area (Å²) in [5.74, 6) is -3.61. The fraction of sp³-hybridized carbons (Fsp3) is 0.429. The maximum Gasteiger partial charge on any atom is 0.437 e. The standard InChI is InChI=1S/C14H13Cl2F3N2O4/c1-2-25-11(22)8-10(6-4-3-5-7(15)9(6)16)20-12(23)21-13(8,24)14(17,18)19/h3-5,8,10,24H,2H2,1H3,(H2,20,21,23)/t8-,10+,13-/m1/s1. The zero-order chi connectivity index (χ0) is 19.0. The number of aliphatic hydroxyl groups is 1. The second kappa shape index (κ2) is 6.89. The summed E-state index contributed by atoms with van der Waals surface area (Å²) in [7, 11) is 0. The highest BCUT2D eigenvalue weighted by atomic mass is 35.5. The van der Waals surface area contributed by atoms with Crippen LogP contribution in [0.1, 0.15) is 18.5 Å². The highest BCUT2D eigenvalue weighted by molar-refractivity contribution is 6.42. The maximum absolute atomic E-state index is 13.5. The van der Waals surface area contributed by atoms with Gasteiger partial charge in [-0.25, -0.2) is 4.79 Å². The van der Waals surface area contributed by atoms with Crippen LogP contribution in [-0.2, 0) is 9.53 Å². The van der Waals surface area contributed by atoms with Crippen LogP contribution in [0.3, 0.4) is 0 Å². The molecule has 0 spiro atoms. The molecule has 0 aliphatic carbocycles. The Morgan fingerprint density at radius 3 is 2.60 bits per heavy atom. The number of rotatable bonds is 3. The van der Waals surface area contributed by atoms with Crippen molar-refractivity contribution < 1.29 is 32.6 Å². The van der Waals surface area contributed by atoms with Crippen molar-refractivity contribution in [2.45, 2.75) is 24.9 Å². The number of carbonyl (C=O) groups is 2. The summed E-state index contributed by atoms with van der Waals surface area (Å²) >= 11 is 11.9. The number of urea groups is 1. The topological polar surface area (TPSA) is 87.7 Å². The molecule has 0 saturated carbocycles. The third kappa shape index (κ3) is 3.49. The van der Waals surface area contributed by atoms with Crippen LogP contribution in [-0.4, -0.2) is 35.6 Å². The molecule has 3 N–H and O–H groups in total. The van der Waals surface area contributed by atoms with E-state index in [2.05, 4.69) is 10.1 Å². The van der Waals surface area contributed by atoms with Gasteiger partial charge in [0.15, 0.2) is 0 Å². The van der Waals surface area contributed by atoms with Crippen molar-refractivity contribution in [1.29, 1.82) is 0 Å². The molecule has 0 radical (unpaired) electrons. The fourth-order valence-electron chi connectivity index (χ4n) is 2.56. The van der Waals surface area contributed by atoms with Crippen LogP contribution in [0.5, 0.6) is 0 Å². The predicted octanol–water partition coefficient (Wildman–Crippen LogP) is 2.78. The molecule has 1 fully saturated rings. The first-order chi connectivity index (χ1) is 11.5. The van der Waals surface area contributed by atoms with Crippen molar-refractivity contribution in [3.8, 4) is 0 Å². The summed E-state index contributed by atoms with van der Waals surface area (Å²) in [4.78, 5) is 23.9. The lowest BCUT2D eigenvalue weighted by atomic mass is 9.82. The van der Waals surface area contributed by atoms with Crippen LogP contribution in [0.15, 0.2) is 18.2 Å². The molecular formula is C14H13Cl2F3N2O4. The Morgan fingerprint density at radius 2 is 2.04 bits per heavy atom. The minimum atomic E-state index is -5.36. The number of alkyl halides is 3. The molecule has 1 aromatic rings. The quantitative estimate of drug-likeness (QED) is 0.680. The van der Waals surface area contributed by atoms with Crippen molar-refractivity contribution >= 4 is 35.2 Å². The van der Waals surface area contributed by atoms with Gasteiger partial charge >= 0.3 is 18.2 Å². The molecule has 1 aromatic carbocycles. The van der Waals surface area contributed by atoms with Gasteiger partial charge in [0.1, 0.15) is 5.92 Å². The maximum atomic E-state index is 13.5. The number of esters is 1. The van der Waals surface area contributed by atoms with E-state index in [9.17, 15) is 27.9 Å². The molecule has 2 amide bonds. The monoisotopic (exact) mass is 400 g/mol. The first kappa shape index (κ1) is 19.6. The zero-order valence-electron chi connectivity index (χ0n) is 12.7. The minimum absolute atomic E-state index is 0.00473. The van der Waals surface area contributed by atoms with Crippen molar-refractivity contribution in [1.82, 2.24) is 10.6 Å². The van der Waals surface area contributed by atoms with Crippen molar-refractivity contribution in [2.75, 3.05) is 6.61 Å².